The lowest BCUT2D eigenvalue weighted by atomic mass is 10.0. The number of nitrogens with zero attached hydrogens (tertiary/aromatic N) is 3. The van der Waals surface area contributed by atoms with Crippen molar-refractivity contribution in [1.29, 1.82) is 5.26 Å². The minimum atomic E-state index is -0.867. The van der Waals surface area contributed by atoms with Crippen LogP contribution in [0.4, 0.5) is 4.79 Å². The Hall–Kier alpha value is -1.81. The lowest BCUT2D eigenvalue weighted by Gasteiger charge is -2.30. The van der Waals surface area contributed by atoms with Gasteiger partial charge in [0.2, 0.25) is 0 Å². The number of hydrogen-bond acceptors (Lipinski definition) is 4. The van der Waals surface area contributed by atoms with Gasteiger partial charge < -0.3 is 19.6 Å². The quantitative estimate of drug-likeness (QED) is 0.776. The summed E-state index contributed by atoms with van der Waals surface area (Å²) in [5.41, 5.74) is 0. The predicted molar refractivity (Wildman–Crippen MR) is 71.0 cm³/mol. The lowest BCUT2D eigenvalue weighted by molar-refractivity contribution is -0.142. The second kappa shape index (κ2) is 7.70. The molecule has 0 bridgehead atoms. The molecule has 1 heterocycles. The minimum absolute atomic E-state index is 0.214. The van der Waals surface area contributed by atoms with Crippen LogP contribution in [0.1, 0.15) is 19.8 Å². The molecule has 1 fully saturated rings. The Labute approximate surface area is 118 Å². The van der Waals surface area contributed by atoms with Gasteiger partial charge in [-0.3, -0.25) is 4.79 Å². The van der Waals surface area contributed by atoms with E-state index in [-0.39, 0.29) is 18.5 Å². The molecule has 0 spiro atoms. The predicted octanol–water partition coefficient (Wildman–Crippen LogP) is 0.763. The van der Waals surface area contributed by atoms with Crippen molar-refractivity contribution < 1.29 is 19.4 Å². The molecule has 1 N–H and O–H groups in total. The third-order valence-electron chi connectivity index (χ3n) is 3.65. The molecule has 112 valence electrons. The van der Waals surface area contributed by atoms with Crippen molar-refractivity contribution in [1.82, 2.24) is 9.80 Å². The molecule has 0 aromatic rings. The minimum Gasteiger partial charge on any atom is -0.481 e. The van der Waals surface area contributed by atoms with E-state index in [9.17, 15) is 9.59 Å². The first-order valence-corrected chi connectivity index (χ1v) is 6.67. The second-order valence-electron chi connectivity index (χ2n) is 4.84. The first-order valence-electron chi connectivity index (χ1n) is 6.67. The molecule has 1 rings (SSSR count). The van der Waals surface area contributed by atoms with E-state index in [1.165, 1.54) is 0 Å². The van der Waals surface area contributed by atoms with Gasteiger partial charge in [0.1, 0.15) is 0 Å². The smallest absolute Gasteiger partial charge is 0.320 e. The molecule has 20 heavy (non-hydrogen) atoms. The van der Waals surface area contributed by atoms with Gasteiger partial charge in [-0.05, 0) is 13.3 Å². The SMILES string of the molecule is COCCN(CCC#N)C(=O)N1CCC(C(=O)O)C1C. The fourth-order valence-corrected chi connectivity index (χ4v) is 2.41. The Kier molecular flexibility index (Phi) is 6.25. The number of aliphatic carboxylic acids is 1. The molecule has 0 radical (unpaired) electrons. The molecule has 7 heteroatoms. The Morgan fingerprint density at radius 3 is 2.70 bits per heavy atom. The summed E-state index contributed by atoms with van der Waals surface area (Å²) >= 11 is 0. The number of carboxylic acid groups (broad SMARTS) is 1. The van der Waals surface area contributed by atoms with Gasteiger partial charge in [-0.25, -0.2) is 4.79 Å². The van der Waals surface area contributed by atoms with Crippen molar-refractivity contribution in [3.05, 3.63) is 0 Å². The summed E-state index contributed by atoms with van der Waals surface area (Å²) in [6, 6.07) is 1.47. The van der Waals surface area contributed by atoms with Crippen LogP contribution in [-0.2, 0) is 9.53 Å². The average Bonchev–Trinajstić information content (AvgIpc) is 2.80. The van der Waals surface area contributed by atoms with Gasteiger partial charge >= 0.3 is 12.0 Å². The number of rotatable bonds is 6. The van der Waals surface area contributed by atoms with Gasteiger partial charge in [0.25, 0.3) is 0 Å². The number of ether oxygens (including phenoxy) is 1. The summed E-state index contributed by atoms with van der Waals surface area (Å²) < 4.78 is 4.96. The van der Waals surface area contributed by atoms with Crippen LogP contribution in [0.15, 0.2) is 0 Å². The zero-order chi connectivity index (χ0) is 15.1. The third kappa shape index (κ3) is 3.84. The van der Waals surface area contributed by atoms with Gasteiger partial charge in [0.05, 0.1) is 25.0 Å². The van der Waals surface area contributed by atoms with Gasteiger partial charge in [0, 0.05) is 32.8 Å². The highest BCUT2D eigenvalue weighted by molar-refractivity contribution is 5.78. The summed E-state index contributed by atoms with van der Waals surface area (Å²) in [5, 5.41) is 17.7. The van der Waals surface area contributed by atoms with Crippen LogP contribution in [-0.4, -0.2) is 66.3 Å². The summed E-state index contributed by atoms with van der Waals surface area (Å²) in [4.78, 5) is 26.6. The maximum atomic E-state index is 12.4. The molecule has 0 aromatic carbocycles. The van der Waals surface area contributed by atoms with Crippen LogP contribution in [0.2, 0.25) is 0 Å². The molecular formula is C13H21N3O4. The van der Waals surface area contributed by atoms with E-state index in [4.69, 9.17) is 15.1 Å². The number of amides is 2. The molecule has 2 atom stereocenters. The van der Waals surface area contributed by atoms with Gasteiger partial charge in [0.15, 0.2) is 0 Å². The summed E-state index contributed by atoms with van der Waals surface area (Å²) in [5.74, 6) is -1.38. The molecule has 1 saturated heterocycles. The molecule has 1 aliphatic rings. The van der Waals surface area contributed by atoms with Gasteiger partial charge in [-0.2, -0.15) is 5.26 Å². The van der Waals surface area contributed by atoms with Crippen LogP contribution in [0.5, 0.6) is 0 Å². The summed E-state index contributed by atoms with van der Waals surface area (Å²) in [6.07, 6.45) is 0.721. The van der Waals surface area contributed by atoms with Crippen LogP contribution in [0.25, 0.3) is 0 Å². The van der Waals surface area contributed by atoms with Crippen molar-refractivity contribution in [2.75, 3.05) is 33.4 Å². The average molecular weight is 283 g/mol. The number of likely N-dealkylation sites (tertiary alicyclic amines) is 1. The van der Waals surface area contributed by atoms with E-state index in [1.807, 2.05) is 6.07 Å². The molecule has 0 aromatic heterocycles. The Balaban J connectivity index is 2.69. The van der Waals surface area contributed by atoms with Crippen molar-refractivity contribution in [2.24, 2.45) is 5.92 Å². The number of urea groups is 1. The third-order valence-corrected chi connectivity index (χ3v) is 3.65. The maximum absolute atomic E-state index is 12.4. The standard InChI is InChI=1S/C13H21N3O4/c1-10-11(12(17)18)4-7-16(10)13(19)15(6-3-5-14)8-9-20-2/h10-11H,3-4,6-9H2,1-2H3,(H,17,18). The molecule has 1 aliphatic heterocycles. The zero-order valence-electron chi connectivity index (χ0n) is 11.9. The first kappa shape index (κ1) is 16.2. The monoisotopic (exact) mass is 283 g/mol. The van der Waals surface area contributed by atoms with Crippen molar-refractivity contribution in [3.8, 4) is 6.07 Å². The highest BCUT2D eigenvalue weighted by atomic mass is 16.5. The number of carbonyl (C=O) groups is 2. The van der Waals surface area contributed by atoms with Crippen LogP contribution in [0.3, 0.4) is 0 Å². The lowest BCUT2D eigenvalue weighted by Crippen LogP contribution is -2.47. The van der Waals surface area contributed by atoms with E-state index in [0.717, 1.165) is 0 Å². The Morgan fingerprint density at radius 1 is 1.50 bits per heavy atom. The van der Waals surface area contributed by atoms with Gasteiger partial charge in [-0.1, -0.05) is 0 Å². The molecular weight excluding hydrogens is 262 g/mol. The molecule has 2 amide bonds. The fourth-order valence-electron chi connectivity index (χ4n) is 2.41. The largest absolute Gasteiger partial charge is 0.481 e. The van der Waals surface area contributed by atoms with E-state index in [1.54, 1.807) is 23.8 Å². The first-order chi connectivity index (χ1) is 9.52. The number of hydrogen-bond donors (Lipinski definition) is 1. The van der Waals surface area contributed by atoms with Crippen molar-refractivity contribution in [3.63, 3.8) is 0 Å². The van der Waals surface area contributed by atoms with Crippen LogP contribution < -0.4 is 0 Å². The highest BCUT2D eigenvalue weighted by Crippen LogP contribution is 2.25. The number of carboxylic acids is 1. The van der Waals surface area contributed by atoms with E-state index in [0.29, 0.717) is 32.7 Å². The summed E-state index contributed by atoms with van der Waals surface area (Å²) in [7, 11) is 1.55. The normalized spacial score (nSPS) is 21.6. The molecule has 2 unspecified atom stereocenters. The number of carbonyl (C=O) groups excluding carboxylic acids is 1. The van der Waals surface area contributed by atoms with Crippen molar-refractivity contribution >= 4 is 12.0 Å². The number of methoxy groups -OCH3 is 1. The molecule has 0 saturated carbocycles. The molecule has 0 aliphatic carbocycles. The second-order valence-corrected chi connectivity index (χ2v) is 4.84. The van der Waals surface area contributed by atoms with Gasteiger partial charge in [-0.15, -0.1) is 0 Å². The van der Waals surface area contributed by atoms with E-state index in [2.05, 4.69) is 0 Å². The van der Waals surface area contributed by atoms with Crippen molar-refractivity contribution in [2.45, 2.75) is 25.8 Å². The topological polar surface area (TPSA) is 93.9 Å². The Morgan fingerprint density at radius 2 is 2.20 bits per heavy atom. The van der Waals surface area contributed by atoms with E-state index >= 15 is 0 Å². The highest BCUT2D eigenvalue weighted by Gasteiger charge is 2.39. The van der Waals surface area contributed by atoms with E-state index < -0.39 is 11.9 Å². The zero-order valence-corrected chi connectivity index (χ0v) is 11.9. The van der Waals surface area contributed by atoms with Crippen LogP contribution >= 0.6 is 0 Å². The Bertz CT molecular complexity index is 394. The number of nitriles is 1. The fraction of sp³-hybridized carbons (Fsp3) is 0.769. The summed E-state index contributed by atoms with van der Waals surface area (Å²) in [6.45, 7) is 3.31. The molecule has 7 nitrogen and oxygen atoms in total. The maximum Gasteiger partial charge on any atom is 0.320 e. The van der Waals surface area contributed by atoms with Crippen LogP contribution in [0, 0.1) is 17.2 Å².